The molecule has 1 aliphatic heterocycles. The predicted octanol–water partition coefficient (Wildman–Crippen LogP) is 4.79. The van der Waals surface area contributed by atoms with Gasteiger partial charge in [-0.05, 0) is 43.5 Å². The quantitative estimate of drug-likeness (QED) is 0.306. The van der Waals surface area contributed by atoms with Crippen LogP contribution in [-0.4, -0.2) is 36.3 Å². The summed E-state index contributed by atoms with van der Waals surface area (Å²) in [7, 11) is 1.64. The van der Waals surface area contributed by atoms with Crippen LogP contribution in [0.2, 0.25) is 0 Å². The van der Waals surface area contributed by atoms with Crippen LogP contribution in [0.25, 0.3) is 17.8 Å². The van der Waals surface area contributed by atoms with Gasteiger partial charge in [0.15, 0.2) is 5.82 Å². The van der Waals surface area contributed by atoms with Crippen LogP contribution in [0.1, 0.15) is 47.2 Å². The zero-order chi connectivity index (χ0) is 23.7. The summed E-state index contributed by atoms with van der Waals surface area (Å²) in [5.41, 5.74) is 3.59. The van der Waals surface area contributed by atoms with Gasteiger partial charge in [-0.2, -0.15) is 5.10 Å². The fourth-order valence-corrected chi connectivity index (χ4v) is 4.42. The first-order chi connectivity index (χ1) is 16.5. The second-order valence-electron chi connectivity index (χ2n) is 8.25. The molecule has 0 fully saturated rings. The number of fused-ring (bicyclic) bond motifs is 1. The van der Waals surface area contributed by atoms with Gasteiger partial charge in [0.2, 0.25) is 0 Å². The number of nitrogens with zero attached hydrogens (tertiary/aromatic N) is 6. The Kier molecular flexibility index (Phi) is 5.67. The molecule has 9 heteroatoms. The third kappa shape index (κ3) is 4.07. The first-order valence-electron chi connectivity index (χ1n) is 11.1. The maximum absolute atomic E-state index is 11.5. The van der Waals surface area contributed by atoms with Crippen LogP contribution in [0.3, 0.4) is 0 Å². The summed E-state index contributed by atoms with van der Waals surface area (Å²) in [5.74, 6) is 1.92. The lowest BCUT2D eigenvalue weighted by Gasteiger charge is -2.22. The largest absolute Gasteiger partial charge is 0.495 e. The van der Waals surface area contributed by atoms with E-state index in [4.69, 9.17) is 9.72 Å². The van der Waals surface area contributed by atoms with Crippen molar-refractivity contribution < 1.29 is 9.66 Å². The summed E-state index contributed by atoms with van der Waals surface area (Å²) in [4.78, 5) is 20.2. The number of para-hydroxylation sites is 1. The van der Waals surface area contributed by atoms with Gasteiger partial charge in [0.1, 0.15) is 11.6 Å². The number of nitro groups is 1. The molecule has 2 aromatic heterocycles. The third-order valence-electron chi connectivity index (χ3n) is 6.02. The highest BCUT2D eigenvalue weighted by molar-refractivity contribution is 5.69. The molecule has 0 radical (unpaired) electrons. The lowest BCUT2D eigenvalue weighted by molar-refractivity contribution is -0.385. The minimum atomic E-state index is -0.326. The molecule has 0 bridgehead atoms. The Labute approximate surface area is 196 Å². The van der Waals surface area contributed by atoms with E-state index < -0.39 is 0 Å². The average molecular weight is 457 g/mol. The number of aryl methyl sites for hydroxylation is 2. The van der Waals surface area contributed by atoms with E-state index in [1.165, 1.54) is 0 Å². The van der Waals surface area contributed by atoms with Gasteiger partial charge in [0, 0.05) is 24.4 Å². The maximum Gasteiger partial charge on any atom is 0.273 e. The Bertz CT molecular complexity index is 1390. The molecule has 0 amide bonds. The minimum absolute atomic E-state index is 0.126. The Morgan fingerprint density at radius 3 is 2.82 bits per heavy atom. The van der Waals surface area contributed by atoms with Gasteiger partial charge in [-0.3, -0.25) is 10.1 Å². The minimum Gasteiger partial charge on any atom is -0.495 e. The van der Waals surface area contributed by atoms with Crippen LogP contribution >= 0.6 is 0 Å². The molecule has 0 N–H and O–H groups in total. The van der Waals surface area contributed by atoms with Gasteiger partial charge in [0.25, 0.3) is 5.69 Å². The number of benzene rings is 2. The summed E-state index contributed by atoms with van der Waals surface area (Å²) in [5, 5.41) is 16.2. The van der Waals surface area contributed by atoms with Crippen molar-refractivity contribution in [1.82, 2.24) is 24.3 Å². The number of hydrogen-bond donors (Lipinski definition) is 0. The van der Waals surface area contributed by atoms with Crippen LogP contribution < -0.4 is 4.74 Å². The van der Waals surface area contributed by atoms with Crippen molar-refractivity contribution in [3.05, 3.63) is 93.6 Å². The molecular formula is C25H24N6O3. The molecule has 0 saturated heterocycles. The highest BCUT2D eigenvalue weighted by Gasteiger charge is 2.30. The molecule has 0 spiro atoms. The molecule has 1 aliphatic rings. The summed E-state index contributed by atoms with van der Waals surface area (Å²) >= 11 is 0. The molecular weight excluding hydrogens is 432 g/mol. The number of imidazole rings is 1. The predicted molar refractivity (Wildman–Crippen MR) is 128 cm³/mol. The molecule has 172 valence electrons. The SMILES string of the molecule is COc1cc(/C=C/c2nc3n(n2)CCCC3c2ccccc2[N+](=O)[O-])ccc1-n1cnc(C)c1. The lowest BCUT2D eigenvalue weighted by Crippen LogP contribution is -2.18. The fourth-order valence-electron chi connectivity index (χ4n) is 4.42. The van der Waals surface area contributed by atoms with E-state index in [1.54, 1.807) is 25.6 Å². The van der Waals surface area contributed by atoms with Crippen LogP contribution in [0, 0.1) is 17.0 Å². The molecule has 5 rings (SSSR count). The van der Waals surface area contributed by atoms with E-state index in [1.807, 2.05) is 64.9 Å². The van der Waals surface area contributed by atoms with Gasteiger partial charge >= 0.3 is 0 Å². The van der Waals surface area contributed by atoms with Crippen LogP contribution in [0.5, 0.6) is 5.75 Å². The lowest BCUT2D eigenvalue weighted by atomic mass is 9.90. The molecule has 1 atom stereocenters. The Hall–Kier alpha value is -4.27. The number of ether oxygens (including phenoxy) is 1. The fraction of sp³-hybridized carbons (Fsp3) is 0.240. The molecule has 0 saturated carbocycles. The van der Waals surface area contributed by atoms with Crippen molar-refractivity contribution in [1.29, 1.82) is 0 Å². The van der Waals surface area contributed by atoms with Crippen molar-refractivity contribution in [2.45, 2.75) is 32.2 Å². The highest BCUT2D eigenvalue weighted by Crippen LogP contribution is 2.37. The van der Waals surface area contributed by atoms with E-state index in [0.29, 0.717) is 11.4 Å². The van der Waals surface area contributed by atoms with Crippen molar-refractivity contribution in [2.24, 2.45) is 0 Å². The summed E-state index contributed by atoms with van der Waals surface area (Å²) in [6.07, 6.45) is 9.20. The molecule has 9 nitrogen and oxygen atoms in total. The summed E-state index contributed by atoms with van der Waals surface area (Å²) < 4.78 is 9.39. The van der Waals surface area contributed by atoms with E-state index in [-0.39, 0.29) is 16.5 Å². The van der Waals surface area contributed by atoms with Gasteiger partial charge in [0.05, 0.1) is 35.7 Å². The van der Waals surface area contributed by atoms with Gasteiger partial charge in [-0.15, -0.1) is 0 Å². The summed E-state index contributed by atoms with van der Waals surface area (Å²) in [6, 6.07) is 12.8. The molecule has 3 heterocycles. The third-order valence-corrected chi connectivity index (χ3v) is 6.02. The smallest absolute Gasteiger partial charge is 0.273 e. The maximum atomic E-state index is 11.5. The monoisotopic (exact) mass is 456 g/mol. The van der Waals surface area contributed by atoms with Crippen molar-refractivity contribution >= 4 is 17.8 Å². The number of rotatable bonds is 6. The van der Waals surface area contributed by atoms with E-state index in [2.05, 4.69) is 10.1 Å². The summed E-state index contributed by atoms with van der Waals surface area (Å²) in [6.45, 7) is 2.69. The zero-order valence-electron chi connectivity index (χ0n) is 19.0. The number of methoxy groups -OCH3 is 1. The van der Waals surface area contributed by atoms with E-state index >= 15 is 0 Å². The molecule has 0 aliphatic carbocycles. The Morgan fingerprint density at radius 1 is 1.21 bits per heavy atom. The number of hydrogen-bond acceptors (Lipinski definition) is 6. The average Bonchev–Trinajstić information content (AvgIpc) is 3.48. The van der Waals surface area contributed by atoms with Crippen molar-refractivity contribution in [3.63, 3.8) is 0 Å². The highest BCUT2D eigenvalue weighted by atomic mass is 16.6. The number of nitro benzene ring substituents is 1. The molecule has 2 aromatic carbocycles. The van der Waals surface area contributed by atoms with Gasteiger partial charge in [-0.25, -0.2) is 14.6 Å². The van der Waals surface area contributed by atoms with Crippen molar-refractivity contribution in [3.8, 4) is 11.4 Å². The molecule has 4 aromatic rings. The number of aromatic nitrogens is 5. The van der Waals surface area contributed by atoms with Crippen LogP contribution in [-0.2, 0) is 6.54 Å². The first kappa shape index (κ1) is 21.6. The standard InChI is InChI=1S/C25H24N6O3/c1-17-15-29(16-26-17)22-11-9-18(14-23(22)34-2)10-12-24-27-25-20(7-5-13-30(25)28-24)19-6-3-4-8-21(19)31(32)33/h3-4,6,8-12,14-16,20H,5,7,13H2,1-2H3/b12-10+. The second-order valence-corrected chi connectivity index (χ2v) is 8.25. The first-order valence-corrected chi connectivity index (χ1v) is 11.1. The normalized spacial score (nSPS) is 15.4. The van der Waals surface area contributed by atoms with E-state index in [9.17, 15) is 10.1 Å². The molecule has 34 heavy (non-hydrogen) atoms. The van der Waals surface area contributed by atoms with Crippen LogP contribution in [0.4, 0.5) is 5.69 Å². The van der Waals surface area contributed by atoms with Gasteiger partial charge in [-0.1, -0.05) is 30.3 Å². The van der Waals surface area contributed by atoms with Crippen molar-refractivity contribution in [2.75, 3.05) is 7.11 Å². The Balaban J connectivity index is 1.43. The molecule has 1 unspecified atom stereocenters. The topological polar surface area (TPSA) is 101 Å². The van der Waals surface area contributed by atoms with Gasteiger partial charge < -0.3 is 9.30 Å². The van der Waals surface area contributed by atoms with Crippen LogP contribution in [0.15, 0.2) is 55.0 Å². The second kappa shape index (κ2) is 8.93. The van der Waals surface area contributed by atoms with E-state index in [0.717, 1.165) is 47.9 Å². The Morgan fingerprint density at radius 2 is 2.06 bits per heavy atom. The zero-order valence-corrected chi connectivity index (χ0v) is 19.0.